The van der Waals surface area contributed by atoms with Crippen LogP contribution in [0, 0.1) is 11.8 Å². The predicted molar refractivity (Wildman–Crippen MR) is 150 cm³/mol. The molecule has 1 unspecified atom stereocenters. The minimum Gasteiger partial charge on any atom is -0.497 e. The van der Waals surface area contributed by atoms with Gasteiger partial charge in [-0.2, -0.15) is 0 Å². The molecule has 1 aromatic rings. The van der Waals surface area contributed by atoms with E-state index in [0.29, 0.717) is 18.0 Å². The van der Waals surface area contributed by atoms with Crippen LogP contribution in [-0.2, 0) is 16.1 Å². The summed E-state index contributed by atoms with van der Waals surface area (Å²) < 4.78 is 5.29. The van der Waals surface area contributed by atoms with Crippen molar-refractivity contribution in [2.24, 2.45) is 0 Å². The van der Waals surface area contributed by atoms with Crippen LogP contribution in [0.25, 0.3) is 5.70 Å². The number of hydrogen-bond acceptors (Lipinski definition) is 6. The number of carbonyl (C=O) groups excluding carboxylic acids is 2. The van der Waals surface area contributed by atoms with Crippen molar-refractivity contribution in [3.8, 4) is 17.6 Å². The molecule has 2 amide bonds. The second-order valence-electron chi connectivity index (χ2n) is 8.10. The van der Waals surface area contributed by atoms with Crippen molar-refractivity contribution in [3.63, 3.8) is 0 Å². The topological polar surface area (TPSA) is 73.9 Å². The minimum atomic E-state index is -0.635. The van der Waals surface area contributed by atoms with Crippen molar-refractivity contribution in [1.82, 2.24) is 20.4 Å². The fourth-order valence-electron chi connectivity index (χ4n) is 3.50. The lowest BCUT2D eigenvalue weighted by atomic mass is 10.1. The molecule has 2 N–H and O–H groups in total. The number of allylic oxidation sites excluding steroid dienone is 1. The van der Waals surface area contributed by atoms with E-state index in [4.69, 9.17) is 4.74 Å². The SMILES string of the molecule is CC.CC#C/C(=C\N(C)C(C)C)C(NC)C(=O)NC=O.CCC=C1c2cc(OC)ccc2CN1CC. The van der Waals surface area contributed by atoms with Gasteiger partial charge in [0, 0.05) is 49.2 Å². The van der Waals surface area contributed by atoms with Crippen molar-refractivity contribution in [2.45, 2.75) is 73.5 Å². The predicted octanol–water partition coefficient (Wildman–Crippen LogP) is 4.40. The van der Waals surface area contributed by atoms with Crippen molar-refractivity contribution < 1.29 is 14.3 Å². The molecule has 0 radical (unpaired) electrons. The van der Waals surface area contributed by atoms with Gasteiger partial charge in [0.15, 0.2) is 0 Å². The van der Waals surface area contributed by atoms with E-state index < -0.39 is 11.9 Å². The van der Waals surface area contributed by atoms with E-state index in [0.717, 1.165) is 25.3 Å². The van der Waals surface area contributed by atoms with Gasteiger partial charge >= 0.3 is 0 Å². The Morgan fingerprint density at radius 2 is 1.94 bits per heavy atom. The number of amides is 2. The summed E-state index contributed by atoms with van der Waals surface area (Å²) in [4.78, 5) is 26.4. The molecule has 7 heteroatoms. The molecular formula is C29H46N4O3. The lowest BCUT2D eigenvalue weighted by Crippen LogP contribution is -2.43. The van der Waals surface area contributed by atoms with E-state index in [1.807, 2.05) is 51.9 Å². The molecule has 0 fully saturated rings. The monoisotopic (exact) mass is 498 g/mol. The summed E-state index contributed by atoms with van der Waals surface area (Å²) in [6, 6.07) is 6.02. The number of fused-ring (bicyclic) bond motifs is 1. The fraction of sp³-hybridized carbons (Fsp3) is 0.517. The number of methoxy groups -OCH3 is 1. The van der Waals surface area contributed by atoms with Gasteiger partial charge < -0.3 is 19.9 Å². The Hall–Kier alpha value is -3.24. The molecule has 0 saturated heterocycles. The minimum absolute atomic E-state index is 0.297. The third-order valence-corrected chi connectivity index (χ3v) is 5.56. The fourth-order valence-corrected chi connectivity index (χ4v) is 3.50. The second kappa shape index (κ2) is 18.1. The van der Waals surface area contributed by atoms with Gasteiger partial charge in [0.05, 0.1) is 7.11 Å². The lowest BCUT2D eigenvalue weighted by Gasteiger charge is -2.22. The Morgan fingerprint density at radius 1 is 1.28 bits per heavy atom. The summed E-state index contributed by atoms with van der Waals surface area (Å²) in [5, 5.41) is 4.98. The Kier molecular flexibility index (Phi) is 16.5. The van der Waals surface area contributed by atoms with Crippen molar-refractivity contribution in [2.75, 3.05) is 27.7 Å². The number of ether oxygens (including phenoxy) is 1. The second-order valence-corrected chi connectivity index (χ2v) is 8.10. The first-order chi connectivity index (χ1) is 17.3. The molecule has 2 rings (SSSR count). The zero-order valence-corrected chi connectivity index (χ0v) is 23.9. The van der Waals surface area contributed by atoms with Gasteiger partial charge in [0.1, 0.15) is 11.8 Å². The third kappa shape index (κ3) is 9.79. The van der Waals surface area contributed by atoms with E-state index in [1.165, 1.54) is 16.8 Å². The van der Waals surface area contributed by atoms with Crippen LogP contribution in [0.5, 0.6) is 5.75 Å². The number of hydrogen-bond donors (Lipinski definition) is 2. The molecule has 1 heterocycles. The average Bonchev–Trinajstić information content (AvgIpc) is 3.23. The smallest absolute Gasteiger partial charge is 0.248 e. The maximum absolute atomic E-state index is 11.7. The summed E-state index contributed by atoms with van der Waals surface area (Å²) in [5.74, 6) is 6.18. The van der Waals surface area contributed by atoms with Crippen LogP contribution >= 0.6 is 0 Å². The Bertz CT molecular complexity index is 942. The Labute approximate surface area is 219 Å². The quantitative estimate of drug-likeness (QED) is 0.388. The first-order valence-electron chi connectivity index (χ1n) is 12.7. The zero-order valence-electron chi connectivity index (χ0n) is 23.9. The van der Waals surface area contributed by atoms with Crippen molar-refractivity contribution in [1.29, 1.82) is 0 Å². The summed E-state index contributed by atoms with van der Waals surface area (Å²) in [6.45, 7) is 16.2. The highest BCUT2D eigenvalue weighted by molar-refractivity contribution is 5.93. The summed E-state index contributed by atoms with van der Waals surface area (Å²) in [5.41, 5.74) is 4.72. The van der Waals surface area contributed by atoms with Gasteiger partial charge in [0.2, 0.25) is 12.3 Å². The van der Waals surface area contributed by atoms with Gasteiger partial charge in [-0.25, -0.2) is 0 Å². The van der Waals surface area contributed by atoms with Crippen LogP contribution in [0.4, 0.5) is 0 Å². The molecule has 1 aromatic carbocycles. The van der Waals surface area contributed by atoms with E-state index in [9.17, 15) is 9.59 Å². The van der Waals surface area contributed by atoms with Gasteiger partial charge in [0.25, 0.3) is 0 Å². The summed E-state index contributed by atoms with van der Waals surface area (Å²) in [7, 11) is 5.28. The molecule has 0 aliphatic carbocycles. The van der Waals surface area contributed by atoms with Crippen LogP contribution in [0.2, 0.25) is 0 Å². The van der Waals surface area contributed by atoms with Crippen molar-refractivity contribution >= 4 is 18.0 Å². The maximum atomic E-state index is 11.7. The molecule has 1 aliphatic rings. The number of likely N-dealkylation sites (N-methyl/N-ethyl adjacent to an activating group) is 1. The summed E-state index contributed by atoms with van der Waals surface area (Å²) in [6.07, 6.45) is 5.56. The van der Waals surface area contributed by atoms with E-state index in [-0.39, 0.29) is 0 Å². The number of nitrogens with one attached hydrogen (secondary N) is 2. The van der Waals surface area contributed by atoms with E-state index in [2.05, 4.69) is 59.4 Å². The van der Waals surface area contributed by atoms with Crippen LogP contribution < -0.4 is 15.4 Å². The molecule has 200 valence electrons. The highest BCUT2D eigenvalue weighted by Gasteiger charge is 2.22. The first-order valence-corrected chi connectivity index (χ1v) is 12.7. The highest BCUT2D eigenvalue weighted by atomic mass is 16.5. The number of imide groups is 1. The standard InChI is InChI=1S/C14H19NO.C13H21N3O2.C2H6/c1-4-6-14-13-9-12(16-3)8-7-11(13)10-15(14)5-2;1-6-7-11(8-16(5)10(2)3)12(14-4)13(18)15-9-17;1-2/h6-9H,4-5,10H2,1-3H3;8-10,12,14H,1-5H3,(H,15,17,18);1-2H3/b;11-8+;. The third-order valence-electron chi connectivity index (χ3n) is 5.56. The average molecular weight is 499 g/mol. The number of nitrogens with zero attached hydrogens (tertiary/aromatic N) is 2. The molecule has 0 spiro atoms. The van der Waals surface area contributed by atoms with Gasteiger partial charge in [-0.05, 0) is 58.9 Å². The van der Waals surface area contributed by atoms with Gasteiger partial charge in [-0.1, -0.05) is 38.8 Å². The van der Waals surface area contributed by atoms with Gasteiger partial charge in [-0.3, -0.25) is 14.9 Å². The highest BCUT2D eigenvalue weighted by Crippen LogP contribution is 2.35. The molecule has 7 nitrogen and oxygen atoms in total. The normalized spacial score (nSPS) is 13.8. The zero-order chi connectivity index (χ0) is 27.7. The van der Waals surface area contributed by atoms with Crippen LogP contribution in [0.15, 0.2) is 36.0 Å². The Morgan fingerprint density at radius 3 is 2.42 bits per heavy atom. The van der Waals surface area contributed by atoms with Crippen molar-refractivity contribution in [3.05, 3.63) is 47.2 Å². The molecule has 0 bridgehead atoms. The molecule has 0 aromatic heterocycles. The van der Waals surface area contributed by atoms with Crippen LogP contribution in [0.3, 0.4) is 0 Å². The molecule has 36 heavy (non-hydrogen) atoms. The van der Waals surface area contributed by atoms with E-state index in [1.54, 1.807) is 21.1 Å². The molecule has 0 saturated carbocycles. The number of rotatable bonds is 9. The molecular weight excluding hydrogens is 452 g/mol. The number of benzene rings is 1. The van der Waals surface area contributed by atoms with Crippen LogP contribution in [0.1, 0.15) is 66.0 Å². The largest absolute Gasteiger partial charge is 0.497 e. The van der Waals surface area contributed by atoms with Crippen LogP contribution in [-0.4, -0.2) is 62.0 Å². The summed E-state index contributed by atoms with van der Waals surface area (Å²) >= 11 is 0. The first kappa shape index (κ1) is 32.8. The molecule has 1 aliphatic heterocycles. The lowest BCUT2D eigenvalue weighted by molar-refractivity contribution is -0.126. The van der Waals surface area contributed by atoms with Gasteiger partial charge in [-0.15, -0.1) is 5.92 Å². The Balaban J connectivity index is 0.000000638. The maximum Gasteiger partial charge on any atom is 0.248 e. The molecule has 1 atom stereocenters. The number of carbonyl (C=O) groups is 2. The van der Waals surface area contributed by atoms with E-state index >= 15 is 0 Å².